The highest BCUT2D eigenvalue weighted by Gasteiger charge is 2.38. The SMILES string of the molecule is CCc1ccccc1NC(=O)CN1c2ccccc2NC2=C(C(=O)CCC2)[C@@H]1c1ccco1. The van der Waals surface area contributed by atoms with Crippen LogP contribution in [0.5, 0.6) is 0 Å². The average Bonchev–Trinajstić information content (AvgIpc) is 3.31. The van der Waals surface area contributed by atoms with E-state index in [1.807, 2.05) is 65.6 Å². The van der Waals surface area contributed by atoms with Gasteiger partial charge in [0.25, 0.3) is 0 Å². The second-order valence-corrected chi connectivity index (χ2v) is 8.42. The lowest BCUT2D eigenvalue weighted by atomic mass is 9.88. The largest absolute Gasteiger partial charge is 0.467 e. The number of nitrogens with one attached hydrogen (secondary N) is 2. The zero-order chi connectivity index (χ0) is 22.8. The van der Waals surface area contributed by atoms with Crippen molar-refractivity contribution in [2.75, 3.05) is 22.1 Å². The molecule has 1 atom stereocenters. The molecule has 1 aliphatic carbocycles. The summed E-state index contributed by atoms with van der Waals surface area (Å²) in [5.41, 5.74) is 5.25. The summed E-state index contributed by atoms with van der Waals surface area (Å²) in [5, 5.41) is 6.58. The van der Waals surface area contributed by atoms with E-state index in [-0.39, 0.29) is 18.2 Å². The molecule has 1 aromatic heterocycles. The second kappa shape index (κ2) is 8.98. The van der Waals surface area contributed by atoms with Crippen molar-refractivity contribution in [1.29, 1.82) is 0 Å². The number of anilines is 3. The van der Waals surface area contributed by atoms with Gasteiger partial charge in [0.2, 0.25) is 5.91 Å². The van der Waals surface area contributed by atoms with E-state index < -0.39 is 6.04 Å². The fraction of sp³-hybridized carbons (Fsp3) is 0.259. The van der Waals surface area contributed by atoms with Gasteiger partial charge in [-0.2, -0.15) is 0 Å². The lowest BCUT2D eigenvalue weighted by Crippen LogP contribution is -2.38. The highest BCUT2D eigenvalue weighted by molar-refractivity contribution is 6.02. The van der Waals surface area contributed by atoms with E-state index in [1.165, 1.54) is 0 Å². The minimum absolute atomic E-state index is 0.0756. The molecule has 0 saturated heterocycles. The molecule has 168 valence electrons. The molecule has 2 aliphatic rings. The maximum atomic E-state index is 13.3. The van der Waals surface area contributed by atoms with Crippen LogP contribution in [0, 0.1) is 0 Å². The molecule has 0 spiro atoms. The Labute approximate surface area is 193 Å². The molecule has 0 saturated carbocycles. The number of allylic oxidation sites excluding steroid dienone is 1. The van der Waals surface area contributed by atoms with E-state index in [2.05, 4.69) is 17.6 Å². The molecule has 2 N–H and O–H groups in total. The predicted octanol–water partition coefficient (Wildman–Crippen LogP) is 5.46. The van der Waals surface area contributed by atoms with Gasteiger partial charge in [-0.15, -0.1) is 0 Å². The van der Waals surface area contributed by atoms with Crippen molar-refractivity contribution in [2.45, 2.75) is 38.6 Å². The number of hydrogen-bond donors (Lipinski definition) is 2. The van der Waals surface area contributed by atoms with Gasteiger partial charge in [-0.25, -0.2) is 0 Å². The second-order valence-electron chi connectivity index (χ2n) is 8.42. The van der Waals surface area contributed by atoms with Crippen molar-refractivity contribution in [3.8, 4) is 0 Å². The van der Waals surface area contributed by atoms with Gasteiger partial charge in [0.05, 0.1) is 24.2 Å². The topological polar surface area (TPSA) is 74.6 Å². The molecule has 5 rings (SSSR count). The van der Waals surface area contributed by atoms with E-state index >= 15 is 0 Å². The van der Waals surface area contributed by atoms with Crippen LogP contribution in [0.4, 0.5) is 17.1 Å². The van der Waals surface area contributed by atoms with Crippen molar-refractivity contribution < 1.29 is 14.0 Å². The normalized spacial score (nSPS) is 17.7. The van der Waals surface area contributed by atoms with E-state index in [1.54, 1.807) is 6.26 Å². The van der Waals surface area contributed by atoms with Gasteiger partial charge in [-0.3, -0.25) is 9.59 Å². The number of fused-ring (bicyclic) bond motifs is 1. The summed E-state index contributed by atoms with van der Waals surface area (Å²) in [6.45, 7) is 2.14. The van der Waals surface area contributed by atoms with Gasteiger partial charge < -0.3 is 20.0 Å². The number of benzene rings is 2. The summed E-state index contributed by atoms with van der Waals surface area (Å²) >= 11 is 0. The molecule has 1 aliphatic heterocycles. The molecule has 0 unspecified atom stereocenters. The summed E-state index contributed by atoms with van der Waals surface area (Å²) in [6.07, 6.45) is 4.54. The first-order chi connectivity index (χ1) is 16.2. The van der Waals surface area contributed by atoms with Crippen molar-refractivity contribution in [1.82, 2.24) is 0 Å². The summed E-state index contributed by atoms with van der Waals surface area (Å²) in [7, 11) is 0. The van der Waals surface area contributed by atoms with Crippen molar-refractivity contribution in [2.24, 2.45) is 0 Å². The first-order valence-corrected chi connectivity index (χ1v) is 11.5. The highest BCUT2D eigenvalue weighted by atomic mass is 16.3. The van der Waals surface area contributed by atoms with Crippen LogP contribution in [0.1, 0.15) is 43.6 Å². The first kappa shape index (κ1) is 21.1. The Balaban J connectivity index is 1.57. The quantitative estimate of drug-likeness (QED) is 0.550. The predicted molar refractivity (Wildman–Crippen MR) is 129 cm³/mol. The molecule has 0 fully saturated rings. The molecule has 33 heavy (non-hydrogen) atoms. The van der Waals surface area contributed by atoms with Crippen LogP contribution in [-0.2, 0) is 16.0 Å². The molecule has 2 heterocycles. The van der Waals surface area contributed by atoms with Crippen LogP contribution in [0.2, 0.25) is 0 Å². The molecule has 6 heteroatoms. The first-order valence-electron chi connectivity index (χ1n) is 11.5. The van der Waals surface area contributed by atoms with Gasteiger partial charge in [0.15, 0.2) is 5.78 Å². The molecule has 3 aromatic rings. The number of rotatable bonds is 5. The minimum atomic E-state index is -0.480. The third-order valence-electron chi connectivity index (χ3n) is 6.34. The minimum Gasteiger partial charge on any atom is -0.467 e. The van der Waals surface area contributed by atoms with Crippen LogP contribution in [0.25, 0.3) is 0 Å². The number of nitrogens with zero attached hydrogens (tertiary/aromatic N) is 1. The number of carbonyl (C=O) groups is 2. The molecule has 1 amide bonds. The molecule has 0 radical (unpaired) electrons. The zero-order valence-electron chi connectivity index (χ0n) is 18.6. The third-order valence-corrected chi connectivity index (χ3v) is 6.34. The maximum absolute atomic E-state index is 13.3. The average molecular weight is 442 g/mol. The Kier molecular flexibility index (Phi) is 5.73. The Bertz CT molecular complexity index is 1210. The van der Waals surface area contributed by atoms with Gasteiger partial charge in [-0.05, 0) is 55.2 Å². The summed E-state index contributed by atoms with van der Waals surface area (Å²) in [5.74, 6) is 0.604. The van der Waals surface area contributed by atoms with Crippen LogP contribution in [0.15, 0.2) is 82.6 Å². The fourth-order valence-corrected chi connectivity index (χ4v) is 4.81. The Morgan fingerprint density at radius 1 is 1.09 bits per heavy atom. The van der Waals surface area contributed by atoms with E-state index in [9.17, 15) is 9.59 Å². The van der Waals surface area contributed by atoms with Crippen molar-refractivity contribution >= 4 is 28.8 Å². The van der Waals surface area contributed by atoms with Crippen LogP contribution < -0.4 is 15.5 Å². The Morgan fingerprint density at radius 3 is 2.73 bits per heavy atom. The number of Topliss-reactive ketones (excluding diaryl/α,β-unsaturated/α-hetero) is 1. The Hall–Kier alpha value is -3.80. The van der Waals surface area contributed by atoms with Crippen LogP contribution in [-0.4, -0.2) is 18.2 Å². The number of aryl methyl sites for hydroxylation is 1. The number of carbonyl (C=O) groups excluding carboxylic acids is 2. The van der Waals surface area contributed by atoms with Gasteiger partial charge in [0.1, 0.15) is 11.8 Å². The number of para-hydroxylation sites is 3. The monoisotopic (exact) mass is 441 g/mol. The van der Waals surface area contributed by atoms with Crippen molar-refractivity contribution in [3.63, 3.8) is 0 Å². The van der Waals surface area contributed by atoms with E-state index in [0.717, 1.165) is 47.6 Å². The number of hydrogen-bond acceptors (Lipinski definition) is 5. The van der Waals surface area contributed by atoms with Crippen LogP contribution in [0.3, 0.4) is 0 Å². The van der Waals surface area contributed by atoms with Gasteiger partial charge >= 0.3 is 0 Å². The summed E-state index contributed by atoms with van der Waals surface area (Å²) < 4.78 is 5.82. The van der Waals surface area contributed by atoms with Crippen molar-refractivity contribution in [3.05, 3.63) is 89.5 Å². The zero-order valence-corrected chi connectivity index (χ0v) is 18.6. The van der Waals surface area contributed by atoms with E-state index in [4.69, 9.17) is 4.42 Å². The molecular formula is C27H27N3O3. The number of furan rings is 1. The number of amides is 1. The molecule has 0 bridgehead atoms. The highest BCUT2D eigenvalue weighted by Crippen LogP contribution is 2.44. The van der Waals surface area contributed by atoms with Gasteiger partial charge in [0, 0.05) is 23.4 Å². The standard InChI is InChI=1S/C27H27N3O3/c1-2-18-9-3-4-10-19(18)29-25(32)17-30-22-13-6-5-11-20(22)28-21-12-7-14-23(31)26(21)27(30)24-15-8-16-33-24/h3-6,8-11,13,15-16,27-28H,2,7,12,14,17H2,1H3,(H,29,32)/t27-/m0/s1. The summed E-state index contributed by atoms with van der Waals surface area (Å²) in [4.78, 5) is 28.5. The lowest BCUT2D eigenvalue weighted by Gasteiger charge is -2.33. The maximum Gasteiger partial charge on any atom is 0.243 e. The molecule has 2 aromatic carbocycles. The fourth-order valence-electron chi connectivity index (χ4n) is 4.81. The lowest BCUT2D eigenvalue weighted by molar-refractivity contribution is -0.117. The van der Waals surface area contributed by atoms with Crippen LogP contribution >= 0.6 is 0 Å². The third kappa shape index (κ3) is 4.04. The summed E-state index contributed by atoms with van der Waals surface area (Å²) in [6, 6.07) is 18.9. The van der Waals surface area contributed by atoms with Gasteiger partial charge in [-0.1, -0.05) is 37.3 Å². The molecular weight excluding hydrogens is 414 g/mol. The molecule has 6 nitrogen and oxygen atoms in total. The number of ketones is 1. The smallest absolute Gasteiger partial charge is 0.243 e. The van der Waals surface area contributed by atoms with E-state index in [0.29, 0.717) is 17.8 Å². The Morgan fingerprint density at radius 2 is 1.91 bits per heavy atom.